The molecule has 1 N–H and O–H groups in total. The van der Waals surface area contributed by atoms with Gasteiger partial charge in [0.25, 0.3) is 5.91 Å². The summed E-state index contributed by atoms with van der Waals surface area (Å²) in [5.74, 6) is -1.14. The number of nitrogens with zero attached hydrogens (tertiary/aromatic N) is 2. The summed E-state index contributed by atoms with van der Waals surface area (Å²) in [4.78, 5) is 12.1. The first-order chi connectivity index (χ1) is 11.0. The van der Waals surface area contributed by atoms with Gasteiger partial charge in [0.15, 0.2) is 0 Å². The average molecular weight is 395 g/mol. The molecule has 23 heavy (non-hydrogen) atoms. The highest BCUT2D eigenvalue weighted by atomic mass is 79.9. The van der Waals surface area contributed by atoms with Crippen molar-refractivity contribution in [1.82, 2.24) is 9.78 Å². The van der Waals surface area contributed by atoms with Crippen LogP contribution in [0.3, 0.4) is 0 Å². The summed E-state index contributed by atoms with van der Waals surface area (Å²) in [6.45, 7) is 0. The van der Waals surface area contributed by atoms with Gasteiger partial charge >= 0.3 is 0 Å². The van der Waals surface area contributed by atoms with Crippen LogP contribution in [-0.4, -0.2) is 15.7 Å². The summed E-state index contributed by atoms with van der Waals surface area (Å²) in [6.07, 6.45) is 3.40. The molecule has 0 unspecified atom stereocenters. The molecular weight excluding hydrogens is 385 g/mol. The van der Waals surface area contributed by atoms with E-state index in [-0.39, 0.29) is 5.56 Å². The van der Waals surface area contributed by atoms with Crippen LogP contribution < -0.4 is 5.32 Å². The van der Waals surface area contributed by atoms with Gasteiger partial charge < -0.3 is 5.32 Å². The Hall–Kier alpha value is -2.18. The standard InChI is InChI=1S/C16H10BrClFN3O/c17-10-2-4-12(14(19)8-10)16(23)21-11-3-5-15(13(18)9-11)22-7-1-6-20-22/h1-9H,(H,21,23). The number of hydrogen-bond donors (Lipinski definition) is 1. The fraction of sp³-hybridized carbons (Fsp3) is 0. The second-order valence-electron chi connectivity index (χ2n) is 4.70. The summed E-state index contributed by atoms with van der Waals surface area (Å²) in [7, 11) is 0. The lowest BCUT2D eigenvalue weighted by molar-refractivity contribution is 0.102. The topological polar surface area (TPSA) is 46.9 Å². The van der Waals surface area contributed by atoms with Gasteiger partial charge in [-0.3, -0.25) is 4.79 Å². The normalized spacial score (nSPS) is 10.6. The Morgan fingerprint density at radius 3 is 2.74 bits per heavy atom. The van der Waals surface area contributed by atoms with E-state index in [4.69, 9.17) is 11.6 Å². The minimum Gasteiger partial charge on any atom is -0.322 e. The fourth-order valence-electron chi connectivity index (χ4n) is 2.05. The predicted octanol–water partition coefficient (Wildman–Crippen LogP) is 4.68. The molecule has 3 aromatic rings. The van der Waals surface area contributed by atoms with E-state index in [1.165, 1.54) is 12.1 Å². The van der Waals surface area contributed by atoms with Gasteiger partial charge in [0.2, 0.25) is 0 Å². The largest absolute Gasteiger partial charge is 0.322 e. The Morgan fingerprint density at radius 1 is 1.26 bits per heavy atom. The molecule has 0 aliphatic rings. The number of rotatable bonds is 3. The highest BCUT2D eigenvalue weighted by molar-refractivity contribution is 9.10. The van der Waals surface area contributed by atoms with Crippen molar-refractivity contribution >= 4 is 39.1 Å². The second kappa shape index (κ2) is 6.52. The zero-order valence-corrected chi connectivity index (χ0v) is 14.0. The number of carbonyl (C=O) groups excluding carboxylic acids is 1. The Kier molecular flexibility index (Phi) is 4.45. The molecule has 2 aromatic carbocycles. The van der Waals surface area contributed by atoms with E-state index in [0.717, 1.165) is 0 Å². The molecule has 1 heterocycles. The van der Waals surface area contributed by atoms with E-state index >= 15 is 0 Å². The van der Waals surface area contributed by atoms with E-state index in [0.29, 0.717) is 20.9 Å². The van der Waals surface area contributed by atoms with Crippen LogP contribution in [0.4, 0.5) is 10.1 Å². The first-order valence-corrected chi connectivity index (χ1v) is 7.77. The zero-order valence-electron chi connectivity index (χ0n) is 11.6. The van der Waals surface area contributed by atoms with Crippen molar-refractivity contribution in [3.8, 4) is 5.69 Å². The van der Waals surface area contributed by atoms with Crippen LogP contribution in [0, 0.1) is 5.82 Å². The van der Waals surface area contributed by atoms with Gasteiger partial charge in [-0.25, -0.2) is 9.07 Å². The maximum atomic E-state index is 13.8. The molecular formula is C16H10BrClFN3O. The van der Waals surface area contributed by atoms with Gasteiger partial charge in [-0.05, 0) is 42.5 Å². The van der Waals surface area contributed by atoms with E-state index in [1.54, 1.807) is 47.4 Å². The highest BCUT2D eigenvalue weighted by Gasteiger charge is 2.13. The van der Waals surface area contributed by atoms with Crippen molar-refractivity contribution in [2.45, 2.75) is 0 Å². The van der Waals surface area contributed by atoms with Crippen molar-refractivity contribution in [1.29, 1.82) is 0 Å². The number of hydrogen-bond acceptors (Lipinski definition) is 2. The second-order valence-corrected chi connectivity index (χ2v) is 6.02. The number of nitrogens with one attached hydrogen (secondary N) is 1. The van der Waals surface area contributed by atoms with E-state index in [2.05, 4.69) is 26.3 Å². The minimum absolute atomic E-state index is 0.0412. The number of carbonyl (C=O) groups is 1. The third kappa shape index (κ3) is 3.43. The summed E-state index contributed by atoms with van der Waals surface area (Å²) in [6, 6.07) is 11.0. The van der Waals surface area contributed by atoms with Crippen LogP contribution in [0.5, 0.6) is 0 Å². The van der Waals surface area contributed by atoms with Crippen LogP contribution in [0.2, 0.25) is 5.02 Å². The molecule has 1 aromatic heterocycles. The molecule has 0 aliphatic heterocycles. The Balaban J connectivity index is 1.83. The summed E-state index contributed by atoms with van der Waals surface area (Å²) in [5.41, 5.74) is 1.11. The lowest BCUT2D eigenvalue weighted by atomic mass is 10.2. The molecule has 0 bridgehead atoms. The van der Waals surface area contributed by atoms with Crippen molar-refractivity contribution in [3.05, 3.63) is 75.7 Å². The van der Waals surface area contributed by atoms with Gasteiger partial charge in [0, 0.05) is 22.6 Å². The first-order valence-electron chi connectivity index (χ1n) is 6.60. The maximum Gasteiger partial charge on any atom is 0.258 e. The smallest absolute Gasteiger partial charge is 0.258 e. The number of amides is 1. The SMILES string of the molecule is O=C(Nc1ccc(-n2cccn2)c(Cl)c1)c1ccc(Br)cc1F. The van der Waals surface area contributed by atoms with Gasteiger partial charge in [-0.15, -0.1) is 0 Å². The number of benzene rings is 2. The van der Waals surface area contributed by atoms with Crippen molar-refractivity contribution in [2.24, 2.45) is 0 Å². The average Bonchev–Trinajstić information content (AvgIpc) is 3.01. The van der Waals surface area contributed by atoms with Gasteiger partial charge in [-0.2, -0.15) is 5.10 Å². The fourth-order valence-corrected chi connectivity index (χ4v) is 2.65. The molecule has 7 heteroatoms. The van der Waals surface area contributed by atoms with Gasteiger partial charge in [-0.1, -0.05) is 27.5 Å². The first kappa shape index (κ1) is 15.7. The van der Waals surface area contributed by atoms with Crippen molar-refractivity contribution < 1.29 is 9.18 Å². The van der Waals surface area contributed by atoms with Crippen LogP contribution in [0.25, 0.3) is 5.69 Å². The summed E-state index contributed by atoms with van der Waals surface area (Å²) < 4.78 is 16.0. The molecule has 0 spiro atoms. The molecule has 0 aliphatic carbocycles. The molecule has 0 fully saturated rings. The molecule has 116 valence electrons. The lowest BCUT2D eigenvalue weighted by Gasteiger charge is -2.09. The molecule has 3 rings (SSSR count). The monoisotopic (exact) mass is 393 g/mol. The molecule has 1 amide bonds. The van der Waals surface area contributed by atoms with Crippen LogP contribution in [0.15, 0.2) is 59.3 Å². The van der Waals surface area contributed by atoms with E-state index in [1.807, 2.05) is 0 Å². The number of anilines is 1. The van der Waals surface area contributed by atoms with E-state index < -0.39 is 11.7 Å². The molecule has 0 radical (unpaired) electrons. The van der Waals surface area contributed by atoms with Gasteiger partial charge in [0.1, 0.15) is 5.82 Å². The maximum absolute atomic E-state index is 13.8. The Labute approximate surface area is 145 Å². The van der Waals surface area contributed by atoms with E-state index in [9.17, 15) is 9.18 Å². The van der Waals surface area contributed by atoms with Crippen molar-refractivity contribution in [3.63, 3.8) is 0 Å². The lowest BCUT2D eigenvalue weighted by Crippen LogP contribution is -2.13. The summed E-state index contributed by atoms with van der Waals surface area (Å²) >= 11 is 9.36. The Morgan fingerprint density at radius 2 is 2.09 bits per heavy atom. The quantitative estimate of drug-likeness (QED) is 0.701. The number of halogens is 3. The zero-order chi connectivity index (χ0) is 16.4. The van der Waals surface area contributed by atoms with Crippen LogP contribution in [0.1, 0.15) is 10.4 Å². The molecule has 0 saturated heterocycles. The number of aromatic nitrogens is 2. The highest BCUT2D eigenvalue weighted by Crippen LogP contribution is 2.24. The van der Waals surface area contributed by atoms with Crippen LogP contribution in [-0.2, 0) is 0 Å². The molecule has 0 saturated carbocycles. The predicted molar refractivity (Wildman–Crippen MR) is 90.6 cm³/mol. The minimum atomic E-state index is -0.601. The molecule has 4 nitrogen and oxygen atoms in total. The third-order valence-electron chi connectivity index (χ3n) is 3.13. The van der Waals surface area contributed by atoms with Crippen LogP contribution >= 0.6 is 27.5 Å². The van der Waals surface area contributed by atoms with Gasteiger partial charge in [0.05, 0.1) is 16.3 Å². The Bertz CT molecular complexity index is 868. The third-order valence-corrected chi connectivity index (χ3v) is 3.93. The molecule has 0 atom stereocenters. The van der Waals surface area contributed by atoms with Crippen molar-refractivity contribution in [2.75, 3.05) is 5.32 Å². The summed E-state index contributed by atoms with van der Waals surface area (Å²) in [5, 5.41) is 7.14.